The molecule has 0 saturated carbocycles. The van der Waals surface area contributed by atoms with E-state index in [9.17, 15) is 4.39 Å². The number of methoxy groups -OCH3 is 1. The van der Waals surface area contributed by atoms with Gasteiger partial charge in [-0.05, 0) is 6.07 Å². The summed E-state index contributed by atoms with van der Waals surface area (Å²) in [5, 5.41) is 2.79. The first-order chi connectivity index (χ1) is 8.20. The summed E-state index contributed by atoms with van der Waals surface area (Å²) < 4.78 is 18.7. The van der Waals surface area contributed by atoms with Crippen molar-refractivity contribution >= 4 is 11.3 Å². The van der Waals surface area contributed by atoms with Gasteiger partial charge in [0, 0.05) is 35.7 Å². The van der Waals surface area contributed by atoms with E-state index in [-0.39, 0.29) is 11.9 Å². The molecule has 2 N–H and O–H groups in total. The van der Waals surface area contributed by atoms with Gasteiger partial charge in [0.1, 0.15) is 11.6 Å². The molecule has 1 aromatic carbocycles. The Morgan fingerprint density at radius 1 is 1.53 bits per heavy atom. The van der Waals surface area contributed by atoms with E-state index in [2.05, 4.69) is 4.98 Å². The summed E-state index contributed by atoms with van der Waals surface area (Å²) in [7, 11) is 1.50. The van der Waals surface area contributed by atoms with Crippen molar-refractivity contribution in [3.05, 3.63) is 46.2 Å². The zero-order valence-electron chi connectivity index (χ0n) is 9.39. The molecular formula is C12H13FN2OS. The average Bonchev–Trinajstić information content (AvgIpc) is 2.81. The summed E-state index contributed by atoms with van der Waals surface area (Å²) >= 11 is 1.52. The summed E-state index contributed by atoms with van der Waals surface area (Å²) in [6, 6.07) is 4.33. The van der Waals surface area contributed by atoms with Crippen LogP contribution in [-0.4, -0.2) is 12.1 Å². The highest BCUT2D eigenvalue weighted by atomic mass is 32.1. The van der Waals surface area contributed by atoms with Crippen LogP contribution in [0.2, 0.25) is 0 Å². The van der Waals surface area contributed by atoms with Crippen LogP contribution in [-0.2, 0) is 6.42 Å². The van der Waals surface area contributed by atoms with Crippen LogP contribution in [0.15, 0.2) is 29.8 Å². The van der Waals surface area contributed by atoms with E-state index in [0.717, 1.165) is 5.01 Å². The molecule has 1 unspecified atom stereocenters. The van der Waals surface area contributed by atoms with Crippen LogP contribution in [0, 0.1) is 5.82 Å². The number of hydrogen-bond acceptors (Lipinski definition) is 4. The van der Waals surface area contributed by atoms with Gasteiger partial charge >= 0.3 is 0 Å². The average molecular weight is 252 g/mol. The van der Waals surface area contributed by atoms with Gasteiger partial charge in [0.25, 0.3) is 0 Å². The molecule has 2 aromatic rings. The van der Waals surface area contributed by atoms with Gasteiger partial charge in [-0.1, -0.05) is 6.07 Å². The number of hydrogen-bond donors (Lipinski definition) is 1. The minimum Gasteiger partial charge on any atom is -0.497 e. The second-order valence-corrected chi connectivity index (χ2v) is 4.60. The van der Waals surface area contributed by atoms with E-state index < -0.39 is 0 Å². The number of halogens is 1. The number of benzene rings is 1. The molecule has 0 aliphatic heterocycles. The SMILES string of the molecule is COc1ccc(C(N)Cc2nccs2)c(F)c1. The van der Waals surface area contributed by atoms with Crippen LogP contribution in [0.1, 0.15) is 16.6 Å². The monoisotopic (exact) mass is 252 g/mol. The molecule has 1 atom stereocenters. The molecule has 2 rings (SSSR count). The minimum atomic E-state index is -0.382. The molecule has 5 heteroatoms. The molecule has 0 bridgehead atoms. The van der Waals surface area contributed by atoms with Crippen LogP contribution in [0.4, 0.5) is 4.39 Å². The van der Waals surface area contributed by atoms with Crippen molar-refractivity contribution in [3.8, 4) is 5.75 Å². The third kappa shape index (κ3) is 2.81. The number of aromatic nitrogens is 1. The predicted octanol–water partition coefficient (Wildman–Crippen LogP) is 2.53. The van der Waals surface area contributed by atoms with Crippen LogP contribution in [0.25, 0.3) is 0 Å². The van der Waals surface area contributed by atoms with E-state index in [4.69, 9.17) is 10.5 Å². The van der Waals surface area contributed by atoms with Crippen molar-refractivity contribution in [2.45, 2.75) is 12.5 Å². The van der Waals surface area contributed by atoms with Gasteiger partial charge < -0.3 is 10.5 Å². The van der Waals surface area contributed by atoms with Crippen LogP contribution >= 0.6 is 11.3 Å². The normalized spacial score (nSPS) is 12.4. The topological polar surface area (TPSA) is 48.1 Å². The molecule has 0 saturated heterocycles. The van der Waals surface area contributed by atoms with Crippen molar-refractivity contribution in [1.82, 2.24) is 4.98 Å². The molecule has 90 valence electrons. The molecule has 17 heavy (non-hydrogen) atoms. The molecule has 1 aromatic heterocycles. The summed E-state index contributed by atoms with van der Waals surface area (Å²) in [6.07, 6.45) is 2.26. The Kier molecular flexibility index (Phi) is 3.71. The fraction of sp³-hybridized carbons (Fsp3) is 0.250. The fourth-order valence-corrected chi connectivity index (χ4v) is 2.26. The Bertz CT molecular complexity index is 487. The highest BCUT2D eigenvalue weighted by molar-refractivity contribution is 7.09. The van der Waals surface area contributed by atoms with Gasteiger partial charge in [-0.25, -0.2) is 9.37 Å². The van der Waals surface area contributed by atoms with E-state index in [0.29, 0.717) is 17.7 Å². The molecule has 0 spiro atoms. The van der Waals surface area contributed by atoms with Crippen LogP contribution in [0.5, 0.6) is 5.75 Å². The smallest absolute Gasteiger partial charge is 0.131 e. The fourth-order valence-electron chi connectivity index (χ4n) is 1.59. The first kappa shape index (κ1) is 12.0. The summed E-state index contributed by atoms with van der Waals surface area (Å²) in [4.78, 5) is 4.14. The second kappa shape index (κ2) is 5.25. The largest absolute Gasteiger partial charge is 0.497 e. The Labute approximate surface area is 103 Å². The second-order valence-electron chi connectivity index (χ2n) is 3.62. The maximum absolute atomic E-state index is 13.7. The van der Waals surface area contributed by atoms with Crippen molar-refractivity contribution < 1.29 is 9.13 Å². The number of nitrogens with zero attached hydrogens (tertiary/aromatic N) is 1. The summed E-state index contributed by atoms with van der Waals surface area (Å²) in [5.74, 6) is 0.154. The Balaban J connectivity index is 2.16. The lowest BCUT2D eigenvalue weighted by molar-refractivity contribution is 0.410. The van der Waals surface area contributed by atoms with E-state index in [1.807, 2.05) is 5.38 Å². The standard InChI is InChI=1S/C12H13FN2OS/c1-16-8-2-3-9(10(13)6-8)11(14)7-12-15-4-5-17-12/h2-6,11H,7,14H2,1H3. The molecule has 0 amide bonds. The zero-order chi connectivity index (χ0) is 12.3. The maximum atomic E-state index is 13.7. The molecular weight excluding hydrogens is 239 g/mol. The van der Waals surface area contributed by atoms with Gasteiger partial charge in [0.05, 0.1) is 12.1 Å². The summed E-state index contributed by atoms with van der Waals surface area (Å²) in [5.41, 5.74) is 6.45. The maximum Gasteiger partial charge on any atom is 0.131 e. The van der Waals surface area contributed by atoms with Crippen molar-refractivity contribution in [3.63, 3.8) is 0 Å². The Morgan fingerprint density at radius 2 is 2.35 bits per heavy atom. The molecule has 0 radical (unpaired) electrons. The van der Waals surface area contributed by atoms with Crippen molar-refractivity contribution in [2.24, 2.45) is 5.73 Å². The van der Waals surface area contributed by atoms with E-state index >= 15 is 0 Å². The highest BCUT2D eigenvalue weighted by Crippen LogP contribution is 2.23. The molecule has 1 heterocycles. The number of thiazole rings is 1. The predicted molar refractivity (Wildman–Crippen MR) is 65.7 cm³/mol. The lowest BCUT2D eigenvalue weighted by Gasteiger charge is -2.12. The van der Waals surface area contributed by atoms with Gasteiger partial charge in [-0.2, -0.15) is 0 Å². The Morgan fingerprint density at radius 3 is 2.94 bits per heavy atom. The first-order valence-electron chi connectivity index (χ1n) is 5.18. The third-order valence-corrected chi connectivity index (χ3v) is 3.29. The zero-order valence-corrected chi connectivity index (χ0v) is 10.2. The third-order valence-electron chi connectivity index (χ3n) is 2.49. The lowest BCUT2D eigenvalue weighted by atomic mass is 10.0. The molecule has 0 aliphatic carbocycles. The lowest BCUT2D eigenvalue weighted by Crippen LogP contribution is -2.14. The van der Waals surface area contributed by atoms with E-state index in [1.54, 1.807) is 18.3 Å². The van der Waals surface area contributed by atoms with Gasteiger partial charge in [-0.3, -0.25) is 0 Å². The quantitative estimate of drug-likeness (QED) is 0.909. The number of ether oxygens (including phenoxy) is 1. The van der Waals surface area contributed by atoms with Gasteiger partial charge in [0.15, 0.2) is 0 Å². The van der Waals surface area contributed by atoms with Crippen LogP contribution < -0.4 is 10.5 Å². The number of nitrogens with two attached hydrogens (primary N) is 1. The van der Waals surface area contributed by atoms with Gasteiger partial charge in [-0.15, -0.1) is 11.3 Å². The minimum absolute atomic E-state index is 0.339. The molecule has 0 aliphatic rings. The summed E-state index contributed by atoms with van der Waals surface area (Å²) in [6.45, 7) is 0. The number of rotatable bonds is 4. The first-order valence-corrected chi connectivity index (χ1v) is 6.06. The Hall–Kier alpha value is -1.46. The van der Waals surface area contributed by atoms with Gasteiger partial charge in [0.2, 0.25) is 0 Å². The molecule has 0 fully saturated rings. The van der Waals surface area contributed by atoms with Crippen molar-refractivity contribution in [2.75, 3.05) is 7.11 Å². The molecule has 3 nitrogen and oxygen atoms in total. The van der Waals surface area contributed by atoms with Crippen LogP contribution in [0.3, 0.4) is 0 Å². The highest BCUT2D eigenvalue weighted by Gasteiger charge is 2.14. The van der Waals surface area contributed by atoms with E-state index in [1.165, 1.54) is 24.5 Å². The van der Waals surface area contributed by atoms with Crippen molar-refractivity contribution in [1.29, 1.82) is 0 Å².